The molecular weight excluding hydrogens is 302 g/mol. The first-order valence-corrected chi connectivity index (χ1v) is 7.61. The number of carbonyl (C=O) groups excluding carboxylic acids is 1. The third-order valence-electron chi connectivity index (χ3n) is 4.40. The van der Waals surface area contributed by atoms with Crippen LogP contribution in [0.5, 0.6) is 5.75 Å². The molecule has 0 spiro atoms. The molecule has 3 rings (SSSR count). The average Bonchev–Trinajstić information content (AvgIpc) is 2.47. The first kappa shape index (κ1) is 17.1. The van der Waals surface area contributed by atoms with E-state index in [1.165, 1.54) is 5.56 Å². The molecule has 2 fully saturated rings. The standard InChI is InChI=1S/C16H23N3O2.ClH/c1-21-15-5-3-2-4-13(15)12-18-6-8-19(9-7-18)16(20)14-10-17-11-14;/h2-5,14,17H,6-12H2,1H3;1H. The van der Waals surface area contributed by atoms with Crippen LogP contribution in [0, 0.1) is 5.92 Å². The smallest absolute Gasteiger partial charge is 0.228 e. The number of nitrogens with zero attached hydrogens (tertiary/aromatic N) is 2. The third kappa shape index (κ3) is 3.72. The number of hydrogen-bond acceptors (Lipinski definition) is 4. The van der Waals surface area contributed by atoms with Gasteiger partial charge in [0, 0.05) is 51.4 Å². The lowest BCUT2D eigenvalue weighted by Gasteiger charge is -2.38. The highest BCUT2D eigenvalue weighted by atomic mass is 35.5. The summed E-state index contributed by atoms with van der Waals surface area (Å²) in [6.45, 7) is 6.13. The van der Waals surface area contributed by atoms with Gasteiger partial charge in [0.15, 0.2) is 0 Å². The van der Waals surface area contributed by atoms with Crippen molar-refractivity contribution in [2.24, 2.45) is 5.92 Å². The number of carbonyl (C=O) groups is 1. The van der Waals surface area contributed by atoms with Crippen LogP contribution in [0.25, 0.3) is 0 Å². The molecule has 0 atom stereocenters. The van der Waals surface area contributed by atoms with E-state index in [2.05, 4.69) is 16.3 Å². The fourth-order valence-corrected chi connectivity index (χ4v) is 2.92. The molecule has 0 radical (unpaired) electrons. The van der Waals surface area contributed by atoms with Crippen LogP contribution in [0.4, 0.5) is 0 Å². The van der Waals surface area contributed by atoms with Gasteiger partial charge in [0.2, 0.25) is 5.91 Å². The van der Waals surface area contributed by atoms with Crippen molar-refractivity contribution in [2.75, 3.05) is 46.4 Å². The molecule has 0 aliphatic carbocycles. The fourth-order valence-electron chi connectivity index (χ4n) is 2.92. The molecule has 1 amide bonds. The Kier molecular flexibility index (Phi) is 6.06. The minimum Gasteiger partial charge on any atom is -0.496 e. The summed E-state index contributed by atoms with van der Waals surface area (Å²) in [5.41, 5.74) is 1.21. The summed E-state index contributed by atoms with van der Waals surface area (Å²) < 4.78 is 5.40. The number of nitrogens with one attached hydrogen (secondary N) is 1. The van der Waals surface area contributed by atoms with E-state index in [0.29, 0.717) is 5.91 Å². The van der Waals surface area contributed by atoms with Gasteiger partial charge in [0.05, 0.1) is 13.0 Å². The van der Waals surface area contributed by atoms with Crippen molar-refractivity contribution in [1.29, 1.82) is 0 Å². The van der Waals surface area contributed by atoms with E-state index in [1.54, 1.807) is 7.11 Å². The van der Waals surface area contributed by atoms with Crippen LogP contribution in [0.2, 0.25) is 0 Å². The van der Waals surface area contributed by atoms with E-state index in [4.69, 9.17) is 4.74 Å². The monoisotopic (exact) mass is 325 g/mol. The Morgan fingerprint density at radius 3 is 2.50 bits per heavy atom. The summed E-state index contributed by atoms with van der Waals surface area (Å²) in [4.78, 5) is 16.6. The van der Waals surface area contributed by atoms with Crippen molar-refractivity contribution < 1.29 is 9.53 Å². The zero-order chi connectivity index (χ0) is 14.7. The van der Waals surface area contributed by atoms with Gasteiger partial charge in [0.25, 0.3) is 0 Å². The van der Waals surface area contributed by atoms with E-state index in [0.717, 1.165) is 51.6 Å². The normalized spacial score (nSPS) is 19.2. The van der Waals surface area contributed by atoms with Gasteiger partial charge in [-0.2, -0.15) is 0 Å². The first-order chi connectivity index (χ1) is 10.3. The number of benzene rings is 1. The largest absolute Gasteiger partial charge is 0.496 e. The van der Waals surface area contributed by atoms with E-state index < -0.39 is 0 Å². The highest BCUT2D eigenvalue weighted by Crippen LogP contribution is 2.20. The van der Waals surface area contributed by atoms with E-state index >= 15 is 0 Å². The first-order valence-electron chi connectivity index (χ1n) is 7.61. The van der Waals surface area contributed by atoms with Gasteiger partial charge in [0.1, 0.15) is 5.75 Å². The van der Waals surface area contributed by atoms with E-state index in [-0.39, 0.29) is 18.3 Å². The summed E-state index contributed by atoms with van der Waals surface area (Å²) in [7, 11) is 1.71. The van der Waals surface area contributed by atoms with Crippen LogP contribution in [-0.2, 0) is 11.3 Å². The third-order valence-corrected chi connectivity index (χ3v) is 4.40. The maximum Gasteiger partial charge on any atom is 0.228 e. The SMILES string of the molecule is COc1ccccc1CN1CCN(C(=O)C2CNC2)CC1.Cl. The lowest BCUT2D eigenvalue weighted by Crippen LogP contribution is -2.56. The molecule has 1 aromatic carbocycles. The predicted octanol–water partition coefficient (Wildman–Crippen LogP) is 0.981. The van der Waals surface area contributed by atoms with Gasteiger partial charge in [-0.25, -0.2) is 0 Å². The molecule has 22 heavy (non-hydrogen) atoms. The number of ether oxygens (including phenoxy) is 1. The Labute approximate surface area is 138 Å². The highest BCUT2D eigenvalue weighted by Gasteiger charge is 2.31. The van der Waals surface area contributed by atoms with Gasteiger partial charge in [-0.1, -0.05) is 18.2 Å². The second-order valence-electron chi connectivity index (χ2n) is 5.77. The Bertz CT molecular complexity index is 500. The molecule has 0 saturated carbocycles. The van der Waals surface area contributed by atoms with Crippen molar-refractivity contribution in [2.45, 2.75) is 6.54 Å². The van der Waals surface area contributed by atoms with Crippen LogP contribution in [0.15, 0.2) is 24.3 Å². The topological polar surface area (TPSA) is 44.8 Å². The van der Waals surface area contributed by atoms with Crippen molar-refractivity contribution in [3.63, 3.8) is 0 Å². The van der Waals surface area contributed by atoms with Crippen LogP contribution in [0.1, 0.15) is 5.56 Å². The van der Waals surface area contributed by atoms with Gasteiger partial charge in [-0.15, -0.1) is 12.4 Å². The molecule has 2 saturated heterocycles. The van der Waals surface area contributed by atoms with Crippen LogP contribution in [0.3, 0.4) is 0 Å². The molecule has 122 valence electrons. The Morgan fingerprint density at radius 1 is 1.23 bits per heavy atom. The molecular formula is C16H24ClN3O2. The Morgan fingerprint density at radius 2 is 1.91 bits per heavy atom. The number of para-hydroxylation sites is 1. The minimum absolute atomic E-state index is 0. The Balaban J connectivity index is 0.00000176. The molecule has 2 aliphatic rings. The summed E-state index contributed by atoms with van der Waals surface area (Å²) in [6, 6.07) is 8.14. The molecule has 5 nitrogen and oxygen atoms in total. The number of hydrogen-bond donors (Lipinski definition) is 1. The molecule has 2 aliphatic heterocycles. The van der Waals surface area contributed by atoms with Crippen LogP contribution < -0.4 is 10.1 Å². The number of methoxy groups -OCH3 is 1. The molecule has 0 aromatic heterocycles. The summed E-state index contributed by atoms with van der Waals surface area (Å²) in [5, 5.41) is 3.16. The summed E-state index contributed by atoms with van der Waals surface area (Å²) in [6.07, 6.45) is 0. The number of rotatable bonds is 4. The molecule has 0 bridgehead atoms. The molecule has 0 unspecified atom stereocenters. The van der Waals surface area contributed by atoms with Crippen molar-refractivity contribution in [3.8, 4) is 5.75 Å². The van der Waals surface area contributed by atoms with Gasteiger partial charge < -0.3 is 15.0 Å². The second-order valence-corrected chi connectivity index (χ2v) is 5.77. The van der Waals surface area contributed by atoms with Crippen molar-refractivity contribution in [1.82, 2.24) is 15.1 Å². The second kappa shape index (κ2) is 7.81. The van der Waals surface area contributed by atoms with Gasteiger partial charge in [-0.05, 0) is 6.07 Å². The van der Waals surface area contributed by atoms with E-state index in [9.17, 15) is 4.79 Å². The number of amides is 1. The van der Waals surface area contributed by atoms with Crippen molar-refractivity contribution >= 4 is 18.3 Å². The Hall–Kier alpha value is -1.30. The van der Waals surface area contributed by atoms with E-state index in [1.807, 2.05) is 23.1 Å². The zero-order valence-corrected chi connectivity index (χ0v) is 13.8. The van der Waals surface area contributed by atoms with Gasteiger partial charge >= 0.3 is 0 Å². The maximum absolute atomic E-state index is 12.2. The molecule has 2 heterocycles. The van der Waals surface area contributed by atoms with Crippen LogP contribution >= 0.6 is 12.4 Å². The minimum atomic E-state index is 0. The highest BCUT2D eigenvalue weighted by molar-refractivity contribution is 5.85. The summed E-state index contributed by atoms with van der Waals surface area (Å²) in [5.74, 6) is 1.48. The molecule has 1 aromatic rings. The lowest BCUT2D eigenvalue weighted by molar-refractivity contribution is -0.138. The van der Waals surface area contributed by atoms with Gasteiger partial charge in [-0.3, -0.25) is 9.69 Å². The quantitative estimate of drug-likeness (QED) is 0.896. The van der Waals surface area contributed by atoms with Crippen molar-refractivity contribution in [3.05, 3.63) is 29.8 Å². The average molecular weight is 326 g/mol. The molecule has 1 N–H and O–H groups in total. The number of halogens is 1. The lowest BCUT2D eigenvalue weighted by atomic mass is 10.0. The summed E-state index contributed by atoms with van der Waals surface area (Å²) >= 11 is 0. The zero-order valence-electron chi connectivity index (χ0n) is 13.0. The predicted molar refractivity (Wildman–Crippen MR) is 88.5 cm³/mol. The fraction of sp³-hybridized carbons (Fsp3) is 0.562. The van der Waals surface area contributed by atoms with Crippen LogP contribution in [-0.4, -0.2) is 62.1 Å². The molecule has 6 heteroatoms. The maximum atomic E-state index is 12.2. The number of piperazine rings is 1.